The van der Waals surface area contributed by atoms with Gasteiger partial charge in [0.1, 0.15) is 5.54 Å². The standard InChI is InChI=1S/C9H16F3NO3/c1-3-4-8(2,7(15)16)13-5-6(14)9(10,11)12/h6,13-14H,3-5H2,1-2H3,(H,15,16). The van der Waals surface area contributed by atoms with Crippen LogP contribution >= 0.6 is 0 Å². The largest absolute Gasteiger partial charge is 0.480 e. The van der Waals surface area contributed by atoms with E-state index in [-0.39, 0.29) is 6.42 Å². The van der Waals surface area contributed by atoms with E-state index in [4.69, 9.17) is 10.2 Å². The Kier molecular flexibility index (Phi) is 5.21. The third kappa shape index (κ3) is 4.36. The van der Waals surface area contributed by atoms with Crippen molar-refractivity contribution < 1.29 is 28.2 Å². The number of β-amino-alcohol motifs (C(OH)–C–C–N with tert-alkyl or cyclic N) is 1. The van der Waals surface area contributed by atoms with Crippen LogP contribution in [-0.4, -0.2) is 40.5 Å². The fourth-order valence-electron chi connectivity index (χ4n) is 1.21. The number of alkyl halides is 3. The van der Waals surface area contributed by atoms with Gasteiger partial charge in [-0.25, -0.2) is 0 Å². The highest BCUT2D eigenvalue weighted by Crippen LogP contribution is 2.20. The molecule has 0 spiro atoms. The second-order valence-corrected chi connectivity index (χ2v) is 3.83. The highest BCUT2D eigenvalue weighted by Gasteiger charge is 2.40. The zero-order valence-corrected chi connectivity index (χ0v) is 9.14. The molecule has 16 heavy (non-hydrogen) atoms. The van der Waals surface area contributed by atoms with Gasteiger partial charge in [-0.05, 0) is 13.3 Å². The van der Waals surface area contributed by atoms with E-state index < -0.39 is 30.3 Å². The summed E-state index contributed by atoms with van der Waals surface area (Å²) in [6.07, 6.45) is -6.59. The maximum absolute atomic E-state index is 12.0. The van der Waals surface area contributed by atoms with E-state index in [0.29, 0.717) is 6.42 Å². The molecule has 0 saturated carbocycles. The molecule has 0 aliphatic rings. The van der Waals surface area contributed by atoms with E-state index in [1.165, 1.54) is 6.92 Å². The van der Waals surface area contributed by atoms with E-state index in [0.717, 1.165) is 0 Å². The maximum Gasteiger partial charge on any atom is 0.415 e. The van der Waals surface area contributed by atoms with E-state index in [9.17, 15) is 18.0 Å². The number of rotatable bonds is 6. The van der Waals surface area contributed by atoms with E-state index >= 15 is 0 Å². The number of nitrogens with one attached hydrogen (secondary N) is 1. The minimum atomic E-state index is -4.74. The quantitative estimate of drug-likeness (QED) is 0.654. The van der Waals surface area contributed by atoms with Gasteiger partial charge in [-0.1, -0.05) is 13.3 Å². The first kappa shape index (κ1) is 15.2. The van der Waals surface area contributed by atoms with Crippen molar-refractivity contribution in [1.82, 2.24) is 5.32 Å². The van der Waals surface area contributed by atoms with Crippen LogP contribution in [0, 0.1) is 0 Å². The van der Waals surface area contributed by atoms with E-state index in [1.54, 1.807) is 6.92 Å². The second kappa shape index (κ2) is 5.49. The number of halogens is 3. The average molecular weight is 243 g/mol. The van der Waals surface area contributed by atoms with Gasteiger partial charge in [0.25, 0.3) is 0 Å². The minimum absolute atomic E-state index is 0.187. The van der Waals surface area contributed by atoms with Crippen LogP contribution in [0.3, 0.4) is 0 Å². The summed E-state index contributed by atoms with van der Waals surface area (Å²) in [7, 11) is 0. The molecule has 0 saturated heterocycles. The van der Waals surface area contributed by atoms with Crippen LogP contribution in [0.1, 0.15) is 26.7 Å². The van der Waals surface area contributed by atoms with Crippen molar-refractivity contribution in [3.05, 3.63) is 0 Å². The molecule has 0 rings (SSSR count). The van der Waals surface area contributed by atoms with Crippen LogP contribution in [0.4, 0.5) is 13.2 Å². The van der Waals surface area contributed by atoms with Gasteiger partial charge in [-0.2, -0.15) is 13.2 Å². The van der Waals surface area contributed by atoms with Crippen molar-refractivity contribution in [2.45, 2.75) is 44.5 Å². The normalized spacial score (nSPS) is 17.9. The van der Waals surface area contributed by atoms with Crippen molar-refractivity contribution in [2.75, 3.05) is 6.54 Å². The second-order valence-electron chi connectivity index (χ2n) is 3.83. The van der Waals surface area contributed by atoms with E-state index in [1.807, 2.05) is 0 Å². The molecule has 96 valence electrons. The number of carbonyl (C=O) groups is 1. The number of carboxylic acid groups (broad SMARTS) is 1. The number of aliphatic hydroxyl groups excluding tert-OH is 1. The average Bonchev–Trinajstić information content (AvgIpc) is 2.12. The fraction of sp³-hybridized carbons (Fsp3) is 0.889. The minimum Gasteiger partial charge on any atom is -0.480 e. The molecule has 4 nitrogen and oxygen atoms in total. The SMILES string of the molecule is CCCC(C)(NCC(O)C(F)(F)F)C(=O)O. The zero-order chi connectivity index (χ0) is 13.0. The molecule has 0 aromatic carbocycles. The molecule has 0 aliphatic heterocycles. The molecule has 0 aromatic rings. The molecule has 0 radical (unpaired) electrons. The van der Waals surface area contributed by atoms with Gasteiger partial charge in [-0.3, -0.25) is 10.1 Å². The van der Waals surface area contributed by atoms with Crippen LogP contribution in [0.5, 0.6) is 0 Å². The van der Waals surface area contributed by atoms with Crippen molar-refractivity contribution in [2.24, 2.45) is 0 Å². The Morgan fingerprint density at radius 3 is 2.25 bits per heavy atom. The monoisotopic (exact) mass is 243 g/mol. The summed E-state index contributed by atoms with van der Waals surface area (Å²) in [5.74, 6) is -1.23. The lowest BCUT2D eigenvalue weighted by molar-refractivity contribution is -0.203. The molecular formula is C9H16F3NO3. The first-order valence-electron chi connectivity index (χ1n) is 4.86. The Hall–Kier alpha value is -0.820. The predicted molar refractivity (Wildman–Crippen MR) is 51.0 cm³/mol. The molecule has 0 aromatic heterocycles. The Labute approximate surface area is 91.5 Å². The maximum atomic E-state index is 12.0. The van der Waals surface area contributed by atoms with Crippen LogP contribution < -0.4 is 5.32 Å². The predicted octanol–water partition coefficient (Wildman–Crippen LogP) is 1.14. The molecule has 0 heterocycles. The van der Waals surface area contributed by atoms with Gasteiger partial charge in [0.2, 0.25) is 0 Å². The third-order valence-electron chi connectivity index (χ3n) is 2.29. The first-order chi connectivity index (χ1) is 7.13. The summed E-state index contributed by atoms with van der Waals surface area (Å²) in [4.78, 5) is 10.8. The van der Waals surface area contributed by atoms with Gasteiger partial charge in [0.05, 0.1) is 0 Å². The van der Waals surface area contributed by atoms with Gasteiger partial charge in [-0.15, -0.1) is 0 Å². The Bertz CT molecular complexity index is 245. The van der Waals surface area contributed by atoms with Crippen LogP contribution in [0.2, 0.25) is 0 Å². The Morgan fingerprint density at radius 2 is 1.94 bits per heavy atom. The zero-order valence-electron chi connectivity index (χ0n) is 9.14. The highest BCUT2D eigenvalue weighted by molar-refractivity contribution is 5.78. The Morgan fingerprint density at radius 1 is 1.44 bits per heavy atom. The lowest BCUT2D eigenvalue weighted by Gasteiger charge is -2.27. The van der Waals surface area contributed by atoms with Crippen LogP contribution in [0.15, 0.2) is 0 Å². The summed E-state index contributed by atoms with van der Waals surface area (Å²) >= 11 is 0. The van der Waals surface area contributed by atoms with E-state index in [2.05, 4.69) is 5.32 Å². The number of hydrogen-bond donors (Lipinski definition) is 3. The number of hydrogen-bond acceptors (Lipinski definition) is 3. The molecule has 0 bridgehead atoms. The smallest absolute Gasteiger partial charge is 0.415 e. The first-order valence-corrected chi connectivity index (χ1v) is 4.86. The number of aliphatic carboxylic acids is 1. The molecule has 2 unspecified atom stereocenters. The molecule has 2 atom stereocenters. The van der Waals surface area contributed by atoms with Crippen molar-refractivity contribution in [3.8, 4) is 0 Å². The van der Waals surface area contributed by atoms with Crippen LogP contribution in [-0.2, 0) is 4.79 Å². The summed E-state index contributed by atoms with van der Waals surface area (Å²) in [5.41, 5.74) is -1.44. The fourth-order valence-corrected chi connectivity index (χ4v) is 1.21. The van der Waals surface area contributed by atoms with Gasteiger partial charge in [0.15, 0.2) is 6.10 Å². The number of carboxylic acids is 1. The Balaban J connectivity index is 4.39. The summed E-state index contributed by atoms with van der Waals surface area (Å²) in [6.45, 7) is 2.19. The molecular weight excluding hydrogens is 227 g/mol. The van der Waals surface area contributed by atoms with Gasteiger partial charge in [0, 0.05) is 6.54 Å². The lowest BCUT2D eigenvalue weighted by atomic mass is 9.96. The van der Waals surface area contributed by atoms with Gasteiger partial charge < -0.3 is 10.2 Å². The highest BCUT2D eigenvalue weighted by atomic mass is 19.4. The summed E-state index contributed by atoms with van der Waals surface area (Å²) < 4.78 is 35.9. The molecule has 7 heteroatoms. The third-order valence-corrected chi connectivity index (χ3v) is 2.29. The molecule has 0 amide bonds. The summed E-state index contributed by atoms with van der Waals surface area (Å²) in [6, 6.07) is 0. The molecule has 0 aliphatic carbocycles. The topological polar surface area (TPSA) is 69.6 Å². The van der Waals surface area contributed by atoms with Crippen LogP contribution in [0.25, 0.3) is 0 Å². The lowest BCUT2D eigenvalue weighted by Crippen LogP contribution is -2.53. The molecule has 0 fully saturated rings. The van der Waals surface area contributed by atoms with Crippen molar-refractivity contribution in [3.63, 3.8) is 0 Å². The summed E-state index contributed by atoms with van der Waals surface area (Å²) in [5, 5.41) is 19.8. The van der Waals surface area contributed by atoms with Gasteiger partial charge >= 0.3 is 12.1 Å². The molecule has 3 N–H and O–H groups in total. The van der Waals surface area contributed by atoms with Crippen molar-refractivity contribution in [1.29, 1.82) is 0 Å². The number of aliphatic hydroxyl groups is 1. The van der Waals surface area contributed by atoms with Crippen molar-refractivity contribution >= 4 is 5.97 Å².